The van der Waals surface area contributed by atoms with Crippen LogP contribution < -0.4 is 10.6 Å². The molecule has 1 aromatic carbocycles. The largest absolute Gasteiger partial charge is 0.505 e. The number of nitrogens with one attached hydrogen (secondary N) is 2. The van der Waals surface area contributed by atoms with Gasteiger partial charge in [-0.15, -0.1) is 0 Å². The van der Waals surface area contributed by atoms with Crippen molar-refractivity contribution in [1.29, 1.82) is 0 Å². The standard InChI is InChI=1S/C15H14F2N4O3/c16-8-1-2-12(17)10(3-8)11-6-18-7-15(11,21-14(23)24)13-19-4-9(22)5-20-13/h1-5,11,18,21-22H,6-7H2,(H,23,24)/t11-,15+/m1/s1. The molecule has 7 nitrogen and oxygen atoms in total. The van der Waals surface area contributed by atoms with E-state index in [9.17, 15) is 23.8 Å². The normalized spacial score (nSPS) is 23.2. The third kappa shape index (κ3) is 2.73. The van der Waals surface area contributed by atoms with Crippen LogP contribution in [0.4, 0.5) is 13.6 Å². The second-order valence-electron chi connectivity index (χ2n) is 5.52. The number of amides is 1. The first-order valence-electron chi connectivity index (χ1n) is 7.10. The highest BCUT2D eigenvalue weighted by Gasteiger charge is 2.49. The third-order valence-corrected chi connectivity index (χ3v) is 4.05. The molecule has 24 heavy (non-hydrogen) atoms. The lowest BCUT2D eigenvalue weighted by atomic mass is 9.80. The van der Waals surface area contributed by atoms with Gasteiger partial charge in [0.2, 0.25) is 0 Å². The Hall–Kier alpha value is -2.81. The van der Waals surface area contributed by atoms with Crippen LogP contribution in [0.5, 0.6) is 5.75 Å². The van der Waals surface area contributed by atoms with Crippen molar-refractivity contribution < 1.29 is 23.8 Å². The third-order valence-electron chi connectivity index (χ3n) is 4.05. The monoisotopic (exact) mass is 336 g/mol. The van der Waals surface area contributed by atoms with Gasteiger partial charge in [-0.05, 0) is 23.8 Å². The van der Waals surface area contributed by atoms with E-state index in [4.69, 9.17) is 0 Å². The number of halogens is 2. The molecule has 1 fully saturated rings. The molecule has 2 aromatic rings. The predicted octanol–water partition coefficient (Wildman–Crippen LogP) is 1.31. The van der Waals surface area contributed by atoms with Gasteiger partial charge in [-0.3, -0.25) is 0 Å². The van der Waals surface area contributed by atoms with E-state index in [0.29, 0.717) is 0 Å². The Kier molecular flexibility index (Phi) is 4.02. The number of nitrogens with zero attached hydrogens (tertiary/aromatic N) is 2. The molecule has 3 rings (SSSR count). The van der Waals surface area contributed by atoms with E-state index in [1.807, 2.05) is 0 Å². The molecule has 0 saturated carbocycles. The molecular weight excluding hydrogens is 322 g/mol. The average Bonchev–Trinajstić information content (AvgIpc) is 2.94. The van der Waals surface area contributed by atoms with Gasteiger partial charge in [0.25, 0.3) is 0 Å². The maximum Gasteiger partial charge on any atom is 0.405 e. The Morgan fingerprint density at radius 3 is 2.71 bits per heavy atom. The first kappa shape index (κ1) is 16.1. The van der Waals surface area contributed by atoms with E-state index >= 15 is 0 Å². The number of aromatic nitrogens is 2. The predicted molar refractivity (Wildman–Crippen MR) is 78.5 cm³/mol. The minimum absolute atomic E-state index is 0.0189. The summed E-state index contributed by atoms with van der Waals surface area (Å²) < 4.78 is 27.8. The summed E-state index contributed by atoms with van der Waals surface area (Å²) >= 11 is 0. The van der Waals surface area contributed by atoms with Gasteiger partial charge in [-0.2, -0.15) is 0 Å². The van der Waals surface area contributed by atoms with Crippen molar-refractivity contribution >= 4 is 6.09 Å². The SMILES string of the molecule is O=C(O)N[C@@]1(c2ncc(O)cn2)CNC[C@@H]1c1cc(F)ccc1F. The highest BCUT2D eigenvalue weighted by Crippen LogP contribution is 2.39. The quantitative estimate of drug-likeness (QED) is 0.673. The molecule has 126 valence electrons. The minimum atomic E-state index is -1.39. The summed E-state index contributed by atoms with van der Waals surface area (Å²) in [5, 5.41) is 23.9. The van der Waals surface area contributed by atoms with Crippen LogP contribution in [-0.4, -0.2) is 39.4 Å². The van der Waals surface area contributed by atoms with Crippen molar-refractivity contribution in [2.45, 2.75) is 11.5 Å². The van der Waals surface area contributed by atoms with Crippen LogP contribution >= 0.6 is 0 Å². The molecule has 1 aromatic heterocycles. The van der Waals surface area contributed by atoms with E-state index in [2.05, 4.69) is 20.6 Å². The van der Waals surface area contributed by atoms with Gasteiger partial charge in [0, 0.05) is 19.0 Å². The fraction of sp³-hybridized carbons (Fsp3) is 0.267. The first-order valence-corrected chi connectivity index (χ1v) is 7.10. The van der Waals surface area contributed by atoms with Crippen LogP contribution in [0.25, 0.3) is 0 Å². The number of carbonyl (C=O) groups is 1. The molecule has 0 radical (unpaired) electrons. The smallest absolute Gasteiger partial charge is 0.405 e. The number of rotatable bonds is 3. The van der Waals surface area contributed by atoms with Gasteiger partial charge in [0.05, 0.1) is 12.4 Å². The van der Waals surface area contributed by atoms with Crippen molar-refractivity contribution in [1.82, 2.24) is 20.6 Å². The molecule has 9 heteroatoms. The molecular formula is C15H14F2N4O3. The summed E-state index contributed by atoms with van der Waals surface area (Å²) in [6.07, 6.45) is 0.882. The first-order chi connectivity index (χ1) is 11.4. The zero-order chi connectivity index (χ0) is 17.3. The van der Waals surface area contributed by atoms with E-state index in [1.54, 1.807) is 0 Å². The number of hydrogen-bond acceptors (Lipinski definition) is 5. The van der Waals surface area contributed by atoms with Gasteiger partial charge < -0.3 is 20.8 Å². The van der Waals surface area contributed by atoms with Crippen molar-refractivity contribution in [3.8, 4) is 5.75 Å². The summed E-state index contributed by atoms with van der Waals surface area (Å²) in [6.45, 7) is 0.287. The zero-order valence-electron chi connectivity index (χ0n) is 12.3. The van der Waals surface area contributed by atoms with Crippen LogP contribution in [0.1, 0.15) is 17.3 Å². The van der Waals surface area contributed by atoms with Gasteiger partial charge >= 0.3 is 6.09 Å². The summed E-state index contributed by atoms with van der Waals surface area (Å²) in [5.74, 6) is -2.19. The van der Waals surface area contributed by atoms with Crippen molar-refractivity contribution in [2.24, 2.45) is 0 Å². The Labute approximate surface area is 135 Å². The van der Waals surface area contributed by atoms with E-state index in [1.165, 1.54) is 0 Å². The molecule has 0 aliphatic carbocycles. The maximum absolute atomic E-state index is 14.2. The molecule has 1 saturated heterocycles. The molecule has 1 aliphatic rings. The highest BCUT2D eigenvalue weighted by atomic mass is 19.1. The summed E-state index contributed by atoms with van der Waals surface area (Å²) in [4.78, 5) is 19.3. The zero-order valence-corrected chi connectivity index (χ0v) is 12.3. The van der Waals surface area contributed by atoms with Gasteiger partial charge in [-0.25, -0.2) is 23.5 Å². The molecule has 4 N–H and O–H groups in total. The Morgan fingerprint density at radius 2 is 2.04 bits per heavy atom. The molecule has 0 unspecified atom stereocenters. The van der Waals surface area contributed by atoms with Crippen LogP contribution in [-0.2, 0) is 5.54 Å². The van der Waals surface area contributed by atoms with E-state index in [-0.39, 0.29) is 30.2 Å². The van der Waals surface area contributed by atoms with Crippen LogP contribution in [0, 0.1) is 11.6 Å². The lowest BCUT2D eigenvalue weighted by molar-refractivity contribution is 0.173. The van der Waals surface area contributed by atoms with Gasteiger partial charge in [-0.1, -0.05) is 0 Å². The van der Waals surface area contributed by atoms with Gasteiger partial charge in [0.15, 0.2) is 11.6 Å². The minimum Gasteiger partial charge on any atom is -0.505 e. The second kappa shape index (κ2) is 6.00. The van der Waals surface area contributed by atoms with Gasteiger partial charge in [0.1, 0.15) is 17.2 Å². The lowest BCUT2D eigenvalue weighted by Gasteiger charge is -2.33. The molecule has 0 bridgehead atoms. The summed E-state index contributed by atoms with van der Waals surface area (Å²) in [6, 6.07) is 3.02. The molecule has 2 atom stereocenters. The molecule has 2 heterocycles. The topological polar surface area (TPSA) is 107 Å². The molecule has 0 spiro atoms. The maximum atomic E-state index is 14.2. The molecule has 1 amide bonds. The Balaban J connectivity index is 2.14. The van der Waals surface area contributed by atoms with Crippen LogP contribution in [0.2, 0.25) is 0 Å². The average molecular weight is 336 g/mol. The summed E-state index contributed by atoms with van der Waals surface area (Å²) in [5.41, 5.74) is -1.38. The second-order valence-corrected chi connectivity index (χ2v) is 5.52. The number of hydrogen-bond donors (Lipinski definition) is 4. The Morgan fingerprint density at radius 1 is 1.33 bits per heavy atom. The molecule has 1 aliphatic heterocycles. The highest BCUT2D eigenvalue weighted by molar-refractivity contribution is 5.66. The van der Waals surface area contributed by atoms with Crippen molar-refractivity contribution in [3.63, 3.8) is 0 Å². The number of benzene rings is 1. The van der Waals surface area contributed by atoms with E-state index in [0.717, 1.165) is 30.6 Å². The van der Waals surface area contributed by atoms with Crippen molar-refractivity contribution in [2.75, 3.05) is 13.1 Å². The number of carboxylic acid groups (broad SMARTS) is 1. The van der Waals surface area contributed by atoms with Crippen LogP contribution in [0.15, 0.2) is 30.6 Å². The fourth-order valence-corrected chi connectivity index (χ4v) is 3.03. The lowest BCUT2D eigenvalue weighted by Crippen LogP contribution is -2.51. The van der Waals surface area contributed by atoms with Crippen LogP contribution in [0.3, 0.4) is 0 Å². The fourth-order valence-electron chi connectivity index (χ4n) is 3.03. The van der Waals surface area contributed by atoms with Crippen molar-refractivity contribution in [3.05, 3.63) is 53.6 Å². The summed E-state index contributed by atoms with van der Waals surface area (Å²) in [7, 11) is 0. The Bertz CT molecular complexity index is 772. The number of aromatic hydroxyl groups is 1. The van der Waals surface area contributed by atoms with E-state index < -0.39 is 29.2 Å².